The Labute approximate surface area is 94.4 Å². The molecule has 0 saturated carbocycles. The molecule has 1 N–H and O–H groups in total. The van der Waals surface area contributed by atoms with Crippen LogP contribution in [0.1, 0.15) is 18.2 Å². The first-order valence-electron chi connectivity index (χ1n) is 4.83. The monoisotopic (exact) mass is 269 g/mol. The fourth-order valence-corrected chi connectivity index (χ4v) is 2.53. The van der Waals surface area contributed by atoms with Gasteiger partial charge in [0.25, 0.3) is 0 Å². The van der Waals surface area contributed by atoms with Crippen molar-refractivity contribution in [2.75, 3.05) is 0 Å². The maximum atomic E-state index is 13.3. The van der Waals surface area contributed by atoms with E-state index >= 15 is 0 Å². The Bertz CT molecular complexity index is 549. The zero-order valence-electron chi connectivity index (χ0n) is 7.87. The summed E-state index contributed by atoms with van der Waals surface area (Å²) < 4.78 is 15.8. The summed E-state index contributed by atoms with van der Waals surface area (Å²) in [6.07, 6.45) is 0.347. The summed E-state index contributed by atoms with van der Waals surface area (Å²) in [6.45, 7) is 0.804. The highest BCUT2D eigenvalue weighted by Crippen LogP contribution is 2.34. The lowest BCUT2D eigenvalue weighted by Gasteiger charge is -2.01. The molecule has 1 aliphatic heterocycles. The van der Waals surface area contributed by atoms with Gasteiger partial charge in [-0.05, 0) is 40.5 Å². The molecule has 0 unspecified atom stereocenters. The molecule has 0 spiro atoms. The predicted molar refractivity (Wildman–Crippen MR) is 59.2 cm³/mol. The molecule has 4 heteroatoms. The van der Waals surface area contributed by atoms with Crippen molar-refractivity contribution in [2.45, 2.75) is 19.1 Å². The second kappa shape index (κ2) is 3.06. The normalized spacial score (nSPS) is 19.8. The topological polar surface area (TPSA) is 25.2 Å². The number of aliphatic hydroxyl groups excluding tert-OH is 1. The van der Waals surface area contributed by atoms with E-state index in [2.05, 4.69) is 15.9 Å². The van der Waals surface area contributed by atoms with Crippen molar-refractivity contribution in [1.82, 2.24) is 4.57 Å². The van der Waals surface area contributed by atoms with Gasteiger partial charge in [-0.25, -0.2) is 4.39 Å². The lowest BCUT2D eigenvalue weighted by atomic mass is 10.2. The molecule has 2 heterocycles. The first kappa shape index (κ1) is 9.36. The molecule has 1 aliphatic rings. The minimum absolute atomic E-state index is 0.263. The average molecular weight is 270 g/mol. The third-order valence-corrected chi connectivity index (χ3v) is 3.55. The summed E-state index contributed by atoms with van der Waals surface area (Å²) in [5.74, 6) is -0.263. The number of aliphatic hydroxyl groups is 1. The van der Waals surface area contributed by atoms with Crippen molar-refractivity contribution in [3.05, 3.63) is 34.2 Å². The van der Waals surface area contributed by atoms with Crippen LogP contribution in [0.2, 0.25) is 0 Å². The van der Waals surface area contributed by atoms with E-state index in [4.69, 9.17) is 0 Å². The lowest BCUT2D eigenvalue weighted by Crippen LogP contribution is -1.92. The second-order valence-corrected chi connectivity index (χ2v) is 4.70. The van der Waals surface area contributed by atoms with Crippen LogP contribution in [-0.2, 0) is 6.54 Å². The number of hydrogen-bond acceptors (Lipinski definition) is 1. The molecule has 0 radical (unpaired) electrons. The third-order valence-electron chi connectivity index (χ3n) is 2.94. The number of fused-ring (bicyclic) bond motifs is 3. The number of rotatable bonds is 0. The van der Waals surface area contributed by atoms with Crippen LogP contribution in [0.3, 0.4) is 0 Å². The number of halogens is 2. The summed E-state index contributed by atoms with van der Waals surface area (Å²) in [4.78, 5) is 0. The molecule has 3 rings (SSSR count). The van der Waals surface area contributed by atoms with Gasteiger partial charge in [0.1, 0.15) is 5.82 Å². The highest BCUT2D eigenvalue weighted by Gasteiger charge is 2.23. The van der Waals surface area contributed by atoms with Gasteiger partial charge in [-0.1, -0.05) is 0 Å². The molecule has 15 heavy (non-hydrogen) atoms. The summed E-state index contributed by atoms with van der Waals surface area (Å²) in [5.41, 5.74) is 1.87. The number of hydrogen-bond donors (Lipinski definition) is 1. The number of nitrogens with zero attached hydrogens (tertiary/aromatic N) is 1. The molecule has 0 amide bonds. The van der Waals surface area contributed by atoms with Crippen molar-refractivity contribution in [3.8, 4) is 0 Å². The van der Waals surface area contributed by atoms with E-state index in [1.807, 2.05) is 10.6 Å². The van der Waals surface area contributed by atoms with Crippen molar-refractivity contribution in [1.29, 1.82) is 0 Å². The standard InChI is InChI=1S/C11H9BrFNO/c12-7-5-9-6(3-8(7)13)4-10-11(15)1-2-14(9)10/h3-5,11,15H,1-2H2/t11-/m0/s1. The molecule has 0 bridgehead atoms. The molecule has 0 saturated heterocycles. The third kappa shape index (κ3) is 1.25. The van der Waals surface area contributed by atoms with Gasteiger partial charge in [0, 0.05) is 23.1 Å². The zero-order valence-corrected chi connectivity index (χ0v) is 9.46. The van der Waals surface area contributed by atoms with E-state index in [-0.39, 0.29) is 5.82 Å². The van der Waals surface area contributed by atoms with Gasteiger partial charge in [0.05, 0.1) is 10.6 Å². The van der Waals surface area contributed by atoms with Crippen LogP contribution in [0.25, 0.3) is 10.9 Å². The average Bonchev–Trinajstić information content (AvgIpc) is 2.70. The minimum atomic E-state index is -0.403. The number of aromatic nitrogens is 1. The summed E-state index contributed by atoms with van der Waals surface area (Å²) >= 11 is 3.17. The van der Waals surface area contributed by atoms with E-state index < -0.39 is 6.10 Å². The zero-order chi connectivity index (χ0) is 10.6. The highest BCUT2D eigenvalue weighted by molar-refractivity contribution is 9.10. The van der Waals surface area contributed by atoms with Gasteiger partial charge in [-0.2, -0.15) is 0 Å². The van der Waals surface area contributed by atoms with Crippen molar-refractivity contribution in [2.24, 2.45) is 0 Å². The van der Waals surface area contributed by atoms with Gasteiger partial charge in [0.15, 0.2) is 0 Å². The molecule has 2 nitrogen and oxygen atoms in total. The van der Waals surface area contributed by atoms with Crippen LogP contribution >= 0.6 is 15.9 Å². The fourth-order valence-electron chi connectivity index (χ4n) is 2.20. The van der Waals surface area contributed by atoms with Gasteiger partial charge >= 0.3 is 0 Å². The van der Waals surface area contributed by atoms with Crippen LogP contribution in [0, 0.1) is 5.82 Å². The van der Waals surface area contributed by atoms with Crippen LogP contribution in [0.5, 0.6) is 0 Å². The Morgan fingerprint density at radius 3 is 3.00 bits per heavy atom. The second-order valence-electron chi connectivity index (χ2n) is 3.85. The fraction of sp³-hybridized carbons (Fsp3) is 0.273. The molecule has 0 fully saturated rings. The quantitative estimate of drug-likeness (QED) is 0.782. The first-order chi connectivity index (χ1) is 7.16. The van der Waals surface area contributed by atoms with E-state index in [1.165, 1.54) is 6.07 Å². The lowest BCUT2D eigenvalue weighted by molar-refractivity contribution is 0.180. The van der Waals surface area contributed by atoms with Crippen LogP contribution in [0.15, 0.2) is 22.7 Å². The summed E-state index contributed by atoms with van der Waals surface area (Å²) in [6, 6.07) is 5.13. The Balaban J connectivity index is 2.35. The Morgan fingerprint density at radius 1 is 1.40 bits per heavy atom. The minimum Gasteiger partial charge on any atom is -0.387 e. The van der Waals surface area contributed by atoms with Crippen molar-refractivity contribution >= 4 is 26.8 Å². The number of aryl methyl sites for hydroxylation is 1. The van der Waals surface area contributed by atoms with Crippen molar-refractivity contribution < 1.29 is 9.50 Å². The SMILES string of the molecule is O[C@H]1CCn2c1cc1cc(F)c(Br)cc12. The van der Waals surface area contributed by atoms with Gasteiger partial charge in [-0.3, -0.25) is 0 Å². The molecule has 0 aliphatic carbocycles. The molecular weight excluding hydrogens is 261 g/mol. The molecule has 1 aromatic carbocycles. The summed E-state index contributed by atoms with van der Waals surface area (Å²) in [7, 11) is 0. The Morgan fingerprint density at radius 2 is 2.20 bits per heavy atom. The van der Waals surface area contributed by atoms with E-state index in [1.54, 1.807) is 6.07 Å². The largest absolute Gasteiger partial charge is 0.387 e. The van der Waals surface area contributed by atoms with E-state index in [0.29, 0.717) is 4.47 Å². The highest BCUT2D eigenvalue weighted by atomic mass is 79.9. The molecular formula is C11H9BrFNO. The van der Waals surface area contributed by atoms with Crippen molar-refractivity contribution in [3.63, 3.8) is 0 Å². The number of benzene rings is 1. The molecule has 1 aromatic heterocycles. The van der Waals surface area contributed by atoms with Gasteiger partial charge in [-0.15, -0.1) is 0 Å². The van der Waals surface area contributed by atoms with E-state index in [0.717, 1.165) is 29.6 Å². The van der Waals surface area contributed by atoms with E-state index in [9.17, 15) is 9.50 Å². The first-order valence-corrected chi connectivity index (χ1v) is 5.62. The maximum Gasteiger partial charge on any atom is 0.138 e. The molecule has 2 aromatic rings. The Hall–Kier alpha value is -0.870. The Kier molecular flexibility index (Phi) is 1.91. The van der Waals surface area contributed by atoms with Crippen LogP contribution in [0.4, 0.5) is 4.39 Å². The molecule has 78 valence electrons. The molecule has 1 atom stereocenters. The predicted octanol–water partition coefficient (Wildman–Crippen LogP) is 2.98. The maximum absolute atomic E-state index is 13.3. The van der Waals surface area contributed by atoms with Crippen LogP contribution < -0.4 is 0 Å². The van der Waals surface area contributed by atoms with Gasteiger partial charge in [0.2, 0.25) is 0 Å². The summed E-state index contributed by atoms with van der Waals surface area (Å²) in [5, 5.41) is 10.5. The van der Waals surface area contributed by atoms with Gasteiger partial charge < -0.3 is 9.67 Å². The smallest absolute Gasteiger partial charge is 0.138 e. The van der Waals surface area contributed by atoms with Crippen LogP contribution in [-0.4, -0.2) is 9.67 Å².